The number of carbonyl (C=O) groups is 1. The Labute approximate surface area is 109 Å². The molecule has 0 unspecified atom stereocenters. The molecule has 2 N–H and O–H groups in total. The van der Waals surface area contributed by atoms with Gasteiger partial charge in [-0.05, 0) is 57.8 Å². The predicted molar refractivity (Wildman–Crippen MR) is 69.9 cm³/mol. The molecule has 0 aromatic rings. The van der Waals surface area contributed by atoms with Crippen LogP contribution in [0, 0.1) is 23.7 Å². The number of hydrogen-bond donors (Lipinski definition) is 2. The molecule has 0 aromatic carbocycles. The topological polar surface area (TPSA) is 57.5 Å². The van der Waals surface area contributed by atoms with Gasteiger partial charge >= 0.3 is 0 Å². The molecular weight excluding hydrogens is 228 g/mol. The van der Waals surface area contributed by atoms with Gasteiger partial charge in [0.2, 0.25) is 0 Å². The van der Waals surface area contributed by atoms with Crippen molar-refractivity contribution in [3.05, 3.63) is 12.2 Å². The molecule has 0 heterocycles. The van der Waals surface area contributed by atoms with Crippen molar-refractivity contribution in [2.75, 3.05) is 0 Å². The van der Waals surface area contributed by atoms with Crippen LogP contribution in [0.1, 0.15) is 40.0 Å². The summed E-state index contributed by atoms with van der Waals surface area (Å²) in [6, 6.07) is 0. The number of fused-ring (bicyclic) bond motifs is 1. The van der Waals surface area contributed by atoms with Crippen LogP contribution in [0.25, 0.3) is 0 Å². The monoisotopic (exact) mass is 252 g/mol. The molecule has 2 rings (SSSR count). The molecule has 0 bridgehead atoms. The van der Waals surface area contributed by atoms with E-state index in [1.807, 2.05) is 6.92 Å². The zero-order valence-electron chi connectivity index (χ0n) is 11.5. The van der Waals surface area contributed by atoms with Crippen LogP contribution in [0.5, 0.6) is 0 Å². The quantitative estimate of drug-likeness (QED) is 0.738. The van der Waals surface area contributed by atoms with Gasteiger partial charge < -0.3 is 10.2 Å². The molecule has 2 saturated carbocycles. The van der Waals surface area contributed by atoms with Gasteiger partial charge in [-0.15, -0.1) is 0 Å². The largest absolute Gasteiger partial charge is 0.390 e. The maximum Gasteiger partial charge on any atom is 0.133 e. The van der Waals surface area contributed by atoms with Gasteiger partial charge in [-0.1, -0.05) is 12.2 Å². The van der Waals surface area contributed by atoms with Gasteiger partial charge in [0.25, 0.3) is 0 Å². The summed E-state index contributed by atoms with van der Waals surface area (Å²) in [5, 5.41) is 20.7. The van der Waals surface area contributed by atoms with E-state index < -0.39 is 11.7 Å². The van der Waals surface area contributed by atoms with E-state index in [-0.39, 0.29) is 29.5 Å². The maximum absolute atomic E-state index is 11.8. The van der Waals surface area contributed by atoms with E-state index in [9.17, 15) is 15.0 Å². The van der Waals surface area contributed by atoms with Gasteiger partial charge in [-0.3, -0.25) is 4.79 Å². The molecule has 102 valence electrons. The summed E-state index contributed by atoms with van der Waals surface area (Å²) in [7, 11) is 0. The van der Waals surface area contributed by atoms with Crippen LogP contribution in [-0.2, 0) is 4.79 Å². The number of carbonyl (C=O) groups excluding carboxylic acids is 1. The summed E-state index contributed by atoms with van der Waals surface area (Å²) in [5.74, 6) is 0.550. The molecule has 2 fully saturated rings. The number of allylic oxidation sites excluding steroid dienone is 1. The summed E-state index contributed by atoms with van der Waals surface area (Å²) in [6.45, 7) is 9.33. The third kappa shape index (κ3) is 1.94. The zero-order chi connectivity index (χ0) is 13.7. The highest BCUT2D eigenvalue weighted by atomic mass is 16.3. The molecule has 3 heteroatoms. The average molecular weight is 252 g/mol. The van der Waals surface area contributed by atoms with Crippen molar-refractivity contribution >= 4 is 5.78 Å². The van der Waals surface area contributed by atoms with Crippen molar-refractivity contribution < 1.29 is 15.0 Å². The fourth-order valence-corrected chi connectivity index (χ4v) is 4.15. The third-order valence-corrected chi connectivity index (χ3v) is 5.24. The van der Waals surface area contributed by atoms with Crippen molar-refractivity contribution in [1.29, 1.82) is 0 Å². The highest BCUT2D eigenvalue weighted by Crippen LogP contribution is 2.54. The lowest BCUT2D eigenvalue weighted by molar-refractivity contribution is -0.154. The van der Waals surface area contributed by atoms with Crippen molar-refractivity contribution in [3.63, 3.8) is 0 Å². The Morgan fingerprint density at radius 2 is 1.89 bits per heavy atom. The lowest BCUT2D eigenvalue weighted by Crippen LogP contribution is -2.55. The number of Topliss-reactive ketones (excluding diaryl/α,β-unsaturated/α-hetero) is 1. The van der Waals surface area contributed by atoms with E-state index in [4.69, 9.17) is 0 Å². The Morgan fingerprint density at radius 1 is 1.28 bits per heavy atom. The number of hydrogen-bond acceptors (Lipinski definition) is 3. The van der Waals surface area contributed by atoms with Gasteiger partial charge in [0.15, 0.2) is 0 Å². The summed E-state index contributed by atoms with van der Waals surface area (Å²) < 4.78 is 0. The van der Waals surface area contributed by atoms with Crippen LogP contribution in [0.4, 0.5) is 0 Å². The summed E-state index contributed by atoms with van der Waals surface area (Å²) in [6.07, 6.45) is 1.46. The smallest absolute Gasteiger partial charge is 0.133 e. The lowest BCUT2D eigenvalue weighted by atomic mass is 9.61. The van der Waals surface area contributed by atoms with Crippen molar-refractivity contribution in [1.82, 2.24) is 0 Å². The molecule has 2 aliphatic rings. The summed E-state index contributed by atoms with van der Waals surface area (Å²) in [4.78, 5) is 11.8. The van der Waals surface area contributed by atoms with Crippen LogP contribution >= 0.6 is 0 Å². The lowest BCUT2D eigenvalue weighted by Gasteiger charge is -2.48. The Balaban J connectivity index is 2.37. The summed E-state index contributed by atoms with van der Waals surface area (Å²) >= 11 is 0. The molecule has 0 saturated heterocycles. The molecule has 6 atom stereocenters. The Kier molecular flexibility index (Phi) is 3.41. The first-order valence-corrected chi connectivity index (χ1v) is 6.83. The minimum Gasteiger partial charge on any atom is -0.390 e. The first-order valence-electron chi connectivity index (χ1n) is 6.83. The van der Waals surface area contributed by atoms with Gasteiger partial charge in [0, 0.05) is 5.92 Å². The second-order valence-electron chi connectivity index (χ2n) is 6.41. The molecule has 0 spiro atoms. The van der Waals surface area contributed by atoms with Crippen LogP contribution in [0.2, 0.25) is 0 Å². The van der Waals surface area contributed by atoms with E-state index in [2.05, 4.69) is 6.58 Å². The molecule has 3 nitrogen and oxygen atoms in total. The highest BCUT2D eigenvalue weighted by Gasteiger charge is 2.56. The Bertz CT molecular complexity index is 372. The number of ketones is 1. The fourth-order valence-electron chi connectivity index (χ4n) is 4.15. The molecular formula is C15H24O3. The fraction of sp³-hybridized carbons (Fsp3) is 0.800. The van der Waals surface area contributed by atoms with Gasteiger partial charge in [0.1, 0.15) is 5.78 Å². The third-order valence-electron chi connectivity index (χ3n) is 5.24. The van der Waals surface area contributed by atoms with Crippen molar-refractivity contribution in [2.45, 2.75) is 51.7 Å². The number of aliphatic hydroxyl groups excluding tert-OH is 1. The highest BCUT2D eigenvalue weighted by molar-refractivity contribution is 5.79. The molecule has 18 heavy (non-hydrogen) atoms. The molecule has 0 aromatic heterocycles. The van der Waals surface area contributed by atoms with Crippen molar-refractivity contribution in [2.24, 2.45) is 23.7 Å². The summed E-state index contributed by atoms with van der Waals surface area (Å²) in [5.41, 5.74) is -0.0476. The van der Waals surface area contributed by atoms with Crippen molar-refractivity contribution in [3.8, 4) is 0 Å². The average Bonchev–Trinajstić information content (AvgIpc) is 2.68. The molecule has 0 radical (unpaired) electrons. The van der Waals surface area contributed by atoms with E-state index in [0.29, 0.717) is 6.42 Å². The molecule has 2 aliphatic carbocycles. The van der Waals surface area contributed by atoms with Crippen LogP contribution < -0.4 is 0 Å². The SMILES string of the molecule is C=C(C)[C@@H]1C[C@H](O)[C@@](C)(O)[C@@H]2CC[C@H](C(C)=O)[C@H]21. The van der Waals surface area contributed by atoms with E-state index in [1.54, 1.807) is 13.8 Å². The number of rotatable bonds is 2. The van der Waals surface area contributed by atoms with Gasteiger partial charge in [-0.25, -0.2) is 0 Å². The Hall–Kier alpha value is -0.670. The van der Waals surface area contributed by atoms with E-state index in [1.165, 1.54) is 0 Å². The van der Waals surface area contributed by atoms with Gasteiger partial charge in [0.05, 0.1) is 11.7 Å². The normalized spacial score (nSPS) is 47.7. The minimum atomic E-state index is -1.07. The zero-order valence-corrected chi connectivity index (χ0v) is 11.5. The van der Waals surface area contributed by atoms with Crippen LogP contribution in [0.15, 0.2) is 12.2 Å². The molecule has 0 aliphatic heterocycles. The first kappa shape index (κ1) is 13.8. The second-order valence-corrected chi connectivity index (χ2v) is 6.41. The Morgan fingerprint density at radius 3 is 2.39 bits per heavy atom. The second kappa shape index (κ2) is 4.46. The predicted octanol–water partition coefficient (Wildman–Crippen LogP) is 1.93. The van der Waals surface area contributed by atoms with Gasteiger partial charge in [-0.2, -0.15) is 0 Å². The number of aliphatic hydroxyl groups is 2. The standard InChI is InChI=1S/C15H24O3/c1-8(2)11-7-13(17)15(4,18)12-6-5-10(9(3)16)14(11)12/h10-14,17-18H,1,5-7H2,2-4H3/t10-,11+,12-,13+,14+,15+/m1/s1. The molecule has 0 amide bonds. The van der Waals surface area contributed by atoms with Crippen LogP contribution in [0.3, 0.4) is 0 Å². The first-order chi connectivity index (χ1) is 8.26. The van der Waals surface area contributed by atoms with E-state index >= 15 is 0 Å². The maximum atomic E-state index is 11.8. The minimum absolute atomic E-state index is 0.0110. The van der Waals surface area contributed by atoms with E-state index in [0.717, 1.165) is 18.4 Å². The van der Waals surface area contributed by atoms with Crippen LogP contribution in [-0.4, -0.2) is 27.7 Å².